The number of hydrogen-bond acceptors (Lipinski definition) is 7. The number of aromatic nitrogens is 4. The number of fused-ring (bicyclic) bond motifs is 2. The number of anilines is 2. The highest BCUT2D eigenvalue weighted by Gasteiger charge is 2.16. The van der Waals surface area contributed by atoms with E-state index in [1.807, 2.05) is 18.2 Å². The van der Waals surface area contributed by atoms with Gasteiger partial charge in [-0.1, -0.05) is 18.2 Å². The van der Waals surface area contributed by atoms with Crippen molar-refractivity contribution in [3.05, 3.63) is 51.6 Å². The Morgan fingerprint density at radius 2 is 1.92 bits per heavy atom. The molecule has 1 aliphatic rings. The van der Waals surface area contributed by atoms with E-state index in [1.54, 1.807) is 6.07 Å². The Labute approximate surface area is 143 Å². The summed E-state index contributed by atoms with van der Waals surface area (Å²) in [7, 11) is 0. The summed E-state index contributed by atoms with van der Waals surface area (Å²) in [6.45, 7) is 2.21. The molecule has 1 aromatic carbocycles. The maximum Gasteiger partial charge on any atom is 0.272 e. The normalized spacial score (nSPS) is 14.1. The maximum absolute atomic E-state index is 11.9. The molecular weight excluding hydrogens is 318 g/mol. The van der Waals surface area contributed by atoms with Crippen LogP contribution in [0.5, 0.6) is 0 Å². The van der Waals surface area contributed by atoms with Gasteiger partial charge >= 0.3 is 0 Å². The third-order valence-electron chi connectivity index (χ3n) is 4.40. The molecule has 25 heavy (non-hydrogen) atoms. The molecule has 4 rings (SSSR count). The molecule has 0 amide bonds. The van der Waals surface area contributed by atoms with Gasteiger partial charge in [0.1, 0.15) is 5.82 Å². The summed E-state index contributed by atoms with van der Waals surface area (Å²) in [5.41, 5.74) is 8.51. The van der Waals surface area contributed by atoms with Gasteiger partial charge in [-0.2, -0.15) is 10.1 Å². The van der Waals surface area contributed by atoms with Crippen molar-refractivity contribution in [3.8, 4) is 0 Å². The van der Waals surface area contributed by atoms with Crippen LogP contribution in [0.15, 0.2) is 29.1 Å². The van der Waals surface area contributed by atoms with Gasteiger partial charge in [-0.15, -0.1) is 0 Å². The summed E-state index contributed by atoms with van der Waals surface area (Å²) in [5, 5.41) is 14.9. The highest BCUT2D eigenvalue weighted by Crippen LogP contribution is 2.22. The molecule has 0 atom stereocenters. The number of nitrogens with one attached hydrogen (secondary N) is 3. The highest BCUT2D eigenvalue weighted by molar-refractivity contribution is 5.83. The summed E-state index contributed by atoms with van der Waals surface area (Å²) in [6.07, 6.45) is 1.67. The molecule has 0 radical (unpaired) electrons. The summed E-state index contributed by atoms with van der Waals surface area (Å²) in [4.78, 5) is 20.6. The molecule has 5 N–H and O–H groups in total. The van der Waals surface area contributed by atoms with Gasteiger partial charge in [-0.25, -0.2) is 10.1 Å². The Bertz CT molecular complexity index is 982. The van der Waals surface area contributed by atoms with Crippen LogP contribution in [0.25, 0.3) is 10.8 Å². The van der Waals surface area contributed by atoms with Crippen molar-refractivity contribution < 1.29 is 0 Å². The molecule has 0 bridgehead atoms. The second kappa shape index (κ2) is 6.48. The van der Waals surface area contributed by atoms with E-state index < -0.39 is 0 Å². The molecule has 8 heteroatoms. The Hall–Kier alpha value is -3.00. The molecule has 3 heterocycles. The lowest BCUT2D eigenvalue weighted by molar-refractivity contribution is 0.708. The van der Waals surface area contributed by atoms with E-state index in [1.165, 1.54) is 0 Å². The smallest absolute Gasteiger partial charge is 0.272 e. The van der Waals surface area contributed by atoms with Crippen LogP contribution in [-0.2, 0) is 19.4 Å². The van der Waals surface area contributed by atoms with Crippen molar-refractivity contribution in [3.63, 3.8) is 0 Å². The average molecular weight is 337 g/mol. The van der Waals surface area contributed by atoms with Crippen LogP contribution in [0.2, 0.25) is 0 Å². The number of nitrogens with zero attached hydrogens (tertiary/aromatic N) is 3. The van der Waals surface area contributed by atoms with Gasteiger partial charge in [-0.3, -0.25) is 4.79 Å². The zero-order valence-corrected chi connectivity index (χ0v) is 13.7. The van der Waals surface area contributed by atoms with Gasteiger partial charge in [-0.05, 0) is 19.0 Å². The number of hydrogen-bond donors (Lipinski definition) is 4. The van der Waals surface area contributed by atoms with Crippen LogP contribution in [0.1, 0.15) is 17.0 Å². The van der Waals surface area contributed by atoms with Gasteiger partial charge in [0, 0.05) is 23.9 Å². The van der Waals surface area contributed by atoms with Crippen molar-refractivity contribution in [2.24, 2.45) is 0 Å². The molecule has 0 spiro atoms. The second-order valence-electron chi connectivity index (χ2n) is 6.00. The standard InChI is InChI=1S/C17H19N7O/c18-17-21-13-6-8-19-7-5-12(13)15(22-17)20-9-14-10-3-1-2-4-11(10)16(25)24-23-14/h1-4,19H,5-9H2,(H,24,25)(H3,18,20,21,22). The molecule has 2 aromatic heterocycles. The van der Waals surface area contributed by atoms with Crippen molar-refractivity contribution in [1.82, 2.24) is 25.5 Å². The number of H-pyrrole nitrogens is 1. The Kier molecular flexibility index (Phi) is 4.02. The molecule has 0 unspecified atom stereocenters. The molecule has 8 nitrogen and oxygen atoms in total. The molecule has 0 aliphatic carbocycles. The van der Waals surface area contributed by atoms with E-state index in [2.05, 4.69) is 30.8 Å². The van der Waals surface area contributed by atoms with E-state index >= 15 is 0 Å². The Morgan fingerprint density at radius 3 is 2.80 bits per heavy atom. The predicted octanol–water partition coefficient (Wildman–Crippen LogP) is 0.596. The predicted molar refractivity (Wildman–Crippen MR) is 96.4 cm³/mol. The van der Waals surface area contributed by atoms with Crippen LogP contribution in [-0.4, -0.2) is 33.3 Å². The van der Waals surface area contributed by atoms with Crippen molar-refractivity contribution in [2.75, 3.05) is 24.1 Å². The van der Waals surface area contributed by atoms with Gasteiger partial charge < -0.3 is 16.4 Å². The van der Waals surface area contributed by atoms with Crippen molar-refractivity contribution in [1.29, 1.82) is 0 Å². The van der Waals surface area contributed by atoms with Crippen molar-refractivity contribution in [2.45, 2.75) is 19.4 Å². The lowest BCUT2D eigenvalue weighted by Gasteiger charge is -2.13. The lowest BCUT2D eigenvalue weighted by atomic mass is 10.1. The summed E-state index contributed by atoms with van der Waals surface area (Å²) < 4.78 is 0. The topological polar surface area (TPSA) is 122 Å². The maximum atomic E-state index is 11.9. The fourth-order valence-corrected chi connectivity index (χ4v) is 3.18. The number of nitrogens with two attached hydrogens (primary N) is 1. The Morgan fingerprint density at radius 1 is 1.12 bits per heavy atom. The first-order valence-corrected chi connectivity index (χ1v) is 8.28. The minimum absolute atomic E-state index is 0.189. The van der Waals surface area contributed by atoms with Gasteiger partial charge in [0.2, 0.25) is 5.95 Å². The van der Waals surface area contributed by atoms with Gasteiger partial charge in [0.05, 0.1) is 23.3 Å². The SMILES string of the molecule is Nc1nc2c(c(NCc3n[nH]c(=O)c4ccccc34)n1)CCNCC2. The molecule has 1 aliphatic heterocycles. The number of nitrogen functional groups attached to an aromatic ring is 1. The molecular formula is C17H19N7O. The summed E-state index contributed by atoms with van der Waals surface area (Å²) in [5.74, 6) is 1.01. The monoisotopic (exact) mass is 337 g/mol. The number of rotatable bonds is 3. The largest absolute Gasteiger partial charge is 0.368 e. The third-order valence-corrected chi connectivity index (χ3v) is 4.40. The fourth-order valence-electron chi connectivity index (χ4n) is 3.18. The van der Waals surface area contributed by atoms with Crippen LogP contribution in [0.3, 0.4) is 0 Å². The fraction of sp³-hybridized carbons (Fsp3) is 0.294. The molecule has 0 saturated heterocycles. The van der Waals surface area contributed by atoms with E-state index in [-0.39, 0.29) is 11.5 Å². The zero-order valence-electron chi connectivity index (χ0n) is 13.7. The van der Waals surface area contributed by atoms with Crippen molar-refractivity contribution >= 4 is 22.5 Å². The van der Waals surface area contributed by atoms with Gasteiger partial charge in [0.15, 0.2) is 0 Å². The molecule has 0 fully saturated rings. The molecule has 0 saturated carbocycles. The first-order valence-electron chi connectivity index (χ1n) is 8.28. The third kappa shape index (κ3) is 3.03. The first kappa shape index (κ1) is 15.5. The highest BCUT2D eigenvalue weighted by atomic mass is 16.1. The first-order chi connectivity index (χ1) is 12.2. The van der Waals surface area contributed by atoms with E-state index in [0.29, 0.717) is 11.9 Å². The van der Waals surface area contributed by atoms with Crippen LogP contribution < -0.4 is 21.9 Å². The van der Waals surface area contributed by atoms with E-state index in [4.69, 9.17) is 5.73 Å². The zero-order chi connectivity index (χ0) is 17.2. The van der Waals surface area contributed by atoms with E-state index in [0.717, 1.165) is 54.1 Å². The van der Waals surface area contributed by atoms with Crippen LogP contribution in [0, 0.1) is 0 Å². The van der Waals surface area contributed by atoms with Gasteiger partial charge in [0.25, 0.3) is 5.56 Å². The quantitative estimate of drug-likeness (QED) is 0.552. The van der Waals surface area contributed by atoms with Crippen LogP contribution >= 0.6 is 0 Å². The second-order valence-corrected chi connectivity index (χ2v) is 6.00. The Balaban J connectivity index is 1.68. The minimum atomic E-state index is -0.189. The number of aromatic amines is 1. The average Bonchev–Trinajstić information content (AvgIpc) is 2.86. The molecule has 3 aromatic rings. The van der Waals surface area contributed by atoms with Crippen LogP contribution in [0.4, 0.5) is 11.8 Å². The molecule has 128 valence electrons. The summed E-state index contributed by atoms with van der Waals surface area (Å²) >= 11 is 0. The van der Waals surface area contributed by atoms with E-state index in [9.17, 15) is 4.79 Å². The summed E-state index contributed by atoms with van der Waals surface area (Å²) in [6, 6.07) is 7.42. The minimum Gasteiger partial charge on any atom is -0.368 e. The number of benzene rings is 1. The lowest BCUT2D eigenvalue weighted by Crippen LogP contribution is -2.16.